The van der Waals surface area contributed by atoms with Crippen LogP contribution in [0.4, 0.5) is 5.82 Å². The van der Waals surface area contributed by atoms with Crippen molar-refractivity contribution >= 4 is 22.7 Å². The molecule has 0 radical (unpaired) electrons. The highest BCUT2D eigenvalue weighted by Crippen LogP contribution is 2.36. The lowest BCUT2D eigenvalue weighted by atomic mass is 9.96. The summed E-state index contributed by atoms with van der Waals surface area (Å²) in [4.78, 5) is 16.7. The Hall–Kier alpha value is -2.82. The molecule has 0 saturated carbocycles. The van der Waals surface area contributed by atoms with Crippen LogP contribution >= 0.6 is 0 Å². The number of benzene rings is 1. The van der Waals surface area contributed by atoms with Crippen LogP contribution in [0.1, 0.15) is 44.0 Å². The Kier molecular flexibility index (Phi) is 6.12. The standard InChI is InChI=1S/C22H27N3O2/c1-4-7-12-24-20-15-18-19(25(20)5-2)9-8-17(22(26)27-6-3)21(18)16-10-13-23-14-11-16/h8-11,13-15,24H,4-7,12H2,1-3H3. The zero-order valence-corrected chi connectivity index (χ0v) is 16.3. The van der Waals surface area contributed by atoms with Gasteiger partial charge < -0.3 is 14.6 Å². The van der Waals surface area contributed by atoms with E-state index in [4.69, 9.17) is 4.74 Å². The van der Waals surface area contributed by atoms with Crippen LogP contribution < -0.4 is 5.32 Å². The minimum Gasteiger partial charge on any atom is -0.462 e. The van der Waals surface area contributed by atoms with E-state index >= 15 is 0 Å². The van der Waals surface area contributed by atoms with E-state index in [9.17, 15) is 4.79 Å². The first-order chi connectivity index (χ1) is 13.2. The van der Waals surface area contributed by atoms with Gasteiger partial charge in [0.05, 0.1) is 17.7 Å². The maximum Gasteiger partial charge on any atom is 0.338 e. The number of ether oxygens (including phenoxy) is 1. The van der Waals surface area contributed by atoms with Crippen molar-refractivity contribution in [2.24, 2.45) is 0 Å². The lowest BCUT2D eigenvalue weighted by Gasteiger charge is -2.12. The van der Waals surface area contributed by atoms with Crippen molar-refractivity contribution < 1.29 is 9.53 Å². The lowest BCUT2D eigenvalue weighted by molar-refractivity contribution is 0.0527. The number of nitrogens with one attached hydrogen (secondary N) is 1. The van der Waals surface area contributed by atoms with Crippen LogP contribution in [-0.4, -0.2) is 28.7 Å². The van der Waals surface area contributed by atoms with E-state index in [1.807, 2.05) is 31.2 Å². The van der Waals surface area contributed by atoms with E-state index in [-0.39, 0.29) is 5.97 Å². The first kappa shape index (κ1) is 19.0. The minimum absolute atomic E-state index is 0.295. The van der Waals surface area contributed by atoms with Gasteiger partial charge in [-0.2, -0.15) is 0 Å². The summed E-state index contributed by atoms with van der Waals surface area (Å²) in [6, 6.07) is 9.90. The number of hydrogen-bond donors (Lipinski definition) is 1. The maximum absolute atomic E-state index is 12.6. The third-order valence-electron chi connectivity index (χ3n) is 4.70. The highest BCUT2D eigenvalue weighted by molar-refractivity contribution is 6.08. The van der Waals surface area contributed by atoms with Crippen LogP contribution in [0.3, 0.4) is 0 Å². The van der Waals surface area contributed by atoms with Gasteiger partial charge in [-0.3, -0.25) is 4.98 Å². The number of nitrogens with zero attached hydrogens (tertiary/aromatic N) is 2. The summed E-state index contributed by atoms with van der Waals surface area (Å²) in [7, 11) is 0. The number of fused-ring (bicyclic) bond motifs is 1. The highest BCUT2D eigenvalue weighted by Gasteiger charge is 2.20. The Morgan fingerprint density at radius 3 is 2.59 bits per heavy atom. The van der Waals surface area contributed by atoms with Gasteiger partial charge in [0.1, 0.15) is 5.82 Å². The van der Waals surface area contributed by atoms with E-state index < -0.39 is 0 Å². The number of carbonyl (C=O) groups excluding carboxylic acids is 1. The van der Waals surface area contributed by atoms with Gasteiger partial charge >= 0.3 is 5.97 Å². The van der Waals surface area contributed by atoms with Crippen LogP contribution in [0, 0.1) is 0 Å². The average Bonchev–Trinajstić information content (AvgIpc) is 3.05. The molecule has 1 N–H and O–H groups in total. The fraction of sp³-hybridized carbons (Fsp3) is 0.364. The summed E-state index contributed by atoms with van der Waals surface area (Å²) < 4.78 is 7.56. The molecule has 3 rings (SSSR count). The van der Waals surface area contributed by atoms with E-state index in [1.54, 1.807) is 12.4 Å². The number of carbonyl (C=O) groups is 1. The zero-order valence-electron chi connectivity index (χ0n) is 16.3. The van der Waals surface area contributed by atoms with Crippen molar-refractivity contribution in [1.29, 1.82) is 0 Å². The van der Waals surface area contributed by atoms with Crippen molar-refractivity contribution in [2.45, 2.75) is 40.2 Å². The smallest absolute Gasteiger partial charge is 0.338 e. The molecule has 0 atom stereocenters. The van der Waals surface area contributed by atoms with Gasteiger partial charge in [0, 0.05) is 36.4 Å². The molecule has 0 aliphatic heterocycles. The van der Waals surface area contributed by atoms with E-state index in [0.29, 0.717) is 12.2 Å². The predicted octanol–water partition coefficient (Wildman–Crippen LogP) is 5.11. The molecule has 5 nitrogen and oxygen atoms in total. The summed E-state index contributed by atoms with van der Waals surface area (Å²) >= 11 is 0. The third kappa shape index (κ3) is 3.82. The van der Waals surface area contributed by atoms with Crippen molar-refractivity contribution in [3.8, 4) is 11.1 Å². The Bertz CT molecular complexity index is 916. The molecule has 1 aromatic carbocycles. The average molecular weight is 365 g/mol. The monoisotopic (exact) mass is 365 g/mol. The van der Waals surface area contributed by atoms with Crippen molar-refractivity contribution in [1.82, 2.24) is 9.55 Å². The van der Waals surface area contributed by atoms with Gasteiger partial charge in [0.2, 0.25) is 0 Å². The highest BCUT2D eigenvalue weighted by atomic mass is 16.5. The Morgan fingerprint density at radius 2 is 1.93 bits per heavy atom. The third-order valence-corrected chi connectivity index (χ3v) is 4.70. The Labute approximate surface area is 160 Å². The molecule has 0 spiro atoms. The fourth-order valence-corrected chi connectivity index (χ4v) is 3.42. The number of rotatable bonds is 8. The van der Waals surface area contributed by atoms with Crippen molar-refractivity contribution in [3.05, 3.63) is 48.3 Å². The molecule has 2 aromatic heterocycles. The zero-order chi connectivity index (χ0) is 19.2. The summed E-state index contributed by atoms with van der Waals surface area (Å²) in [6.07, 6.45) is 5.77. The number of aromatic nitrogens is 2. The van der Waals surface area contributed by atoms with Crippen molar-refractivity contribution in [3.63, 3.8) is 0 Å². The second-order valence-corrected chi connectivity index (χ2v) is 6.43. The lowest BCUT2D eigenvalue weighted by Crippen LogP contribution is -2.07. The second-order valence-electron chi connectivity index (χ2n) is 6.43. The molecule has 5 heteroatoms. The summed E-state index contributed by atoms with van der Waals surface area (Å²) in [5.41, 5.74) is 3.56. The number of hydrogen-bond acceptors (Lipinski definition) is 4. The molecular weight excluding hydrogens is 338 g/mol. The molecule has 2 heterocycles. The van der Waals surface area contributed by atoms with Crippen LogP contribution in [-0.2, 0) is 11.3 Å². The van der Waals surface area contributed by atoms with Gasteiger partial charge in [0.25, 0.3) is 0 Å². The molecule has 0 fully saturated rings. The van der Waals surface area contributed by atoms with E-state index in [1.165, 1.54) is 0 Å². The number of esters is 1. The Morgan fingerprint density at radius 1 is 1.15 bits per heavy atom. The van der Waals surface area contributed by atoms with Crippen LogP contribution in [0.5, 0.6) is 0 Å². The van der Waals surface area contributed by atoms with Crippen LogP contribution in [0.2, 0.25) is 0 Å². The molecule has 0 bridgehead atoms. The molecule has 0 aliphatic carbocycles. The first-order valence-corrected chi connectivity index (χ1v) is 9.68. The number of unbranched alkanes of at least 4 members (excludes halogenated alkanes) is 1. The van der Waals surface area contributed by atoms with Gasteiger partial charge in [-0.05, 0) is 56.2 Å². The molecule has 0 unspecified atom stereocenters. The topological polar surface area (TPSA) is 56.1 Å². The Balaban J connectivity index is 2.21. The maximum atomic E-state index is 12.6. The summed E-state index contributed by atoms with van der Waals surface area (Å²) in [5.74, 6) is 0.785. The van der Waals surface area contributed by atoms with Gasteiger partial charge in [0.15, 0.2) is 0 Å². The van der Waals surface area contributed by atoms with Crippen LogP contribution in [0.15, 0.2) is 42.7 Å². The predicted molar refractivity (Wildman–Crippen MR) is 110 cm³/mol. The first-order valence-electron chi connectivity index (χ1n) is 9.68. The summed E-state index contributed by atoms with van der Waals surface area (Å²) in [6.45, 7) is 8.28. The molecule has 0 saturated heterocycles. The summed E-state index contributed by atoms with van der Waals surface area (Å²) in [5, 5.41) is 4.59. The molecular formula is C22H27N3O2. The second kappa shape index (κ2) is 8.71. The van der Waals surface area contributed by atoms with Gasteiger partial charge in [-0.25, -0.2) is 4.79 Å². The number of anilines is 1. The van der Waals surface area contributed by atoms with Crippen molar-refractivity contribution in [2.75, 3.05) is 18.5 Å². The number of pyridine rings is 1. The molecule has 0 aliphatic rings. The molecule has 142 valence electrons. The van der Waals surface area contributed by atoms with E-state index in [0.717, 1.165) is 53.8 Å². The largest absolute Gasteiger partial charge is 0.462 e. The minimum atomic E-state index is -0.295. The molecule has 0 amide bonds. The molecule has 27 heavy (non-hydrogen) atoms. The fourth-order valence-electron chi connectivity index (χ4n) is 3.42. The van der Waals surface area contributed by atoms with Gasteiger partial charge in [-0.1, -0.05) is 13.3 Å². The quantitative estimate of drug-likeness (QED) is 0.445. The van der Waals surface area contributed by atoms with E-state index in [2.05, 4.69) is 34.8 Å². The molecule has 3 aromatic rings. The van der Waals surface area contributed by atoms with Crippen LogP contribution in [0.25, 0.3) is 22.0 Å². The SMILES string of the molecule is CCCCNc1cc2c(-c3ccncc3)c(C(=O)OCC)ccc2n1CC. The normalized spacial score (nSPS) is 10.9. The van der Waals surface area contributed by atoms with Gasteiger partial charge in [-0.15, -0.1) is 0 Å². The number of aryl methyl sites for hydroxylation is 1.